The van der Waals surface area contributed by atoms with Crippen LogP contribution in [0.1, 0.15) is 16.7 Å². The molecule has 68 valence electrons. The minimum atomic E-state index is 1.04. The van der Waals surface area contributed by atoms with Crippen molar-refractivity contribution in [2.24, 2.45) is 4.99 Å². The molecule has 0 bridgehead atoms. The van der Waals surface area contributed by atoms with Crippen molar-refractivity contribution in [2.75, 3.05) is 0 Å². The van der Waals surface area contributed by atoms with Gasteiger partial charge in [-0.05, 0) is 43.5 Å². The summed E-state index contributed by atoms with van der Waals surface area (Å²) in [5.74, 6) is 0. The number of allylic oxidation sites excluding steroid dienone is 1. The number of rotatable bonds is 2. The van der Waals surface area contributed by atoms with Crippen molar-refractivity contribution in [3.05, 3.63) is 41.5 Å². The zero-order valence-corrected chi connectivity index (χ0v) is 8.46. The van der Waals surface area contributed by atoms with Gasteiger partial charge in [0.1, 0.15) is 0 Å². The van der Waals surface area contributed by atoms with Gasteiger partial charge in [0.2, 0.25) is 0 Å². The van der Waals surface area contributed by atoms with Gasteiger partial charge in [-0.2, -0.15) is 0 Å². The molecule has 1 aromatic carbocycles. The summed E-state index contributed by atoms with van der Waals surface area (Å²) in [4.78, 5) is 4.30. The van der Waals surface area contributed by atoms with Crippen LogP contribution in [0.3, 0.4) is 0 Å². The highest BCUT2D eigenvalue weighted by Crippen LogP contribution is 2.23. The van der Waals surface area contributed by atoms with Gasteiger partial charge in [0.05, 0.1) is 5.69 Å². The number of nitrogens with zero attached hydrogens (tertiary/aromatic N) is 1. The molecule has 1 aromatic rings. The van der Waals surface area contributed by atoms with Crippen LogP contribution >= 0.6 is 0 Å². The lowest BCUT2D eigenvalue weighted by Gasteiger charge is -2.05. The molecule has 0 saturated carbocycles. The lowest BCUT2D eigenvalue weighted by molar-refractivity contribution is 1.28. The summed E-state index contributed by atoms with van der Waals surface area (Å²) >= 11 is 0. The van der Waals surface area contributed by atoms with E-state index in [1.807, 2.05) is 0 Å². The van der Waals surface area contributed by atoms with Crippen LogP contribution in [0.15, 0.2) is 29.8 Å². The third kappa shape index (κ3) is 2.28. The second-order valence-electron chi connectivity index (χ2n) is 3.24. The molecule has 0 spiro atoms. The van der Waals surface area contributed by atoms with Crippen molar-refractivity contribution < 1.29 is 0 Å². The maximum absolute atomic E-state index is 4.30. The average molecular weight is 173 g/mol. The maximum Gasteiger partial charge on any atom is 0.0664 e. The Labute approximate surface area is 79.8 Å². The standard InChI is InChI=1S/C12H15N/c1-5-6-13-12-8-9(2)7-10(3)11(12)4/h5-8H,1H2,2-4H3. The molecule has 13 heavy (non-hydrogen) atoms. The van der Waals surface area contributed by atoms with Gasteiger partial charge >= 0.3 is 0 Å². The normalized spacial score (nSPS) is 10.7. The SMILES string of the molecule is C=CC=Nc1cc(C)cc(C)c1C. The molecule has 1 rings (SSSR count). The van der Waals surface area contributed by atoms with E-state index in [9.17, 15) is 0 Å². The van der Waals surface area contributed by atoms with E-state index in [0.717, 1.165) is 5.69 Å². The quantitative estimate of drug-likeness (QED) is 0.607. The van der Waals surface area contributed by atoms with Crippen molar-refractivity contribution >= 4 is 11.9 Å². The lowest BCUT2D eigenvalue weighted by atomic mass is 10.1. The highest BCUT2D eigenvalue weighted by atomic mass is 14.7. The first kappa shape index (κ1) is 9.72. The van der Waals surface area contributed by atoms with Gasteiger partial charge in [-0.3, -0.25) is 4.99 Å². The van der Waals surface area contributed by atoms with Crippen LogP contribution in [0, 0.1) is 20.8 Å². The lowest BCUT2D eigenvalue weighted by Crippen LogP contribution is -1.84. The monoisotopic (exact) mass is 173 g/mol. The summed E-state index contributed by atoms with van der Waals surface area (Å²) in [6.07, 6.45) is 3.42. The van der Waals surface area contributed by atoms with E-state index in [1.54, 1.807) is 12.3 Å². The van der Waals surface area contributed by atoms with Gasteiger partial charge in [-0.1, -0.05) is 18.7 Å². The van der Waals surface area contributed by atoms with E-state index in [-0.39, 0.29) is 0 Å². The van der Waals surface area contributed by atoms with Gasteiger partial charge in [0.15, 0.2) is 0 Å². The van der Waals surface area contributed by atoms with Crippen molar-refractivity contribution in [3.8, 4) is 0 Å². The summed E-state index contributed by atoms with van der Waals surface area (Å²) in [7, 11) is 0. The number of aliphatic imine (C=N–C) groups is 1. The summed E-state index contributed by atoms with van der Waals surface area (Å²) in [6, 6.07) is 4.25. The largest absolute Gasteiger partial charge is 0.257 e. The molecule has 0 unspecified atom stereocenters. The molecule has 0 saturated heterocycles. The van der Waals surface area contributed by atoms with Crippen LogP contribution in [0.4, 0.5) is 5.69 Å². The second kappa shape index (κ2) is 4.04. The Bertz CT molecular complexity index is 348. The molecule has 0 aliphatic carbocycles. The van der Waals surface area contributed by atoms with Crippen molar-refractivity contribution in [1.29, 1.82) is 0 Å². The molecule has 0 aromatic heterocycles. The smallest absolute Gasteiger partial charge is 0.0664 e. The number of hydrogen-bond acceptors (Lipinski definition) is 1. The summed E-state index contributed by atoms with van der Waals surface area (Å²) in [6.45, 7) is 9.88. The van der Waals surface area contributed by atoms with E-state index < -0.39 is 0 Å². The van der Waals surface area contributed by atoms with Crippen LogP contribution in [0.5, 0.6) is 0 Å². The zero-order chi connectivity index (χ0) is 9.84. The minimum absolute atomic E-state index is 1.04. The van der Waals surface area contributed by atoms with Crippen LogP contribution < -0.4 is 0 Å². The molecule has 1 nitrogen and oxygen atoms in total. The maximum atomic E-state index is 4.30. The van der Waals surface area contributed by atoms with Crippen LogP contribution in [-0.2, 0) is 0 Å². The summed E-state index contributed by atoms with van der Waals surface area (Å²) < 4.78 is 0. The van der Waals surface area contributed by atoms with Gasteiger partial charge in [-0.25, -0.2) is 0 Å². The predicted molar refractivity (Wildman–Crippen MR) is 59.0 cm³/mol. The van der Waals surface area contributed by atoms with Crippen molar-refractivity contribution in [1.82, 2.24) is 0 Å². The van der Waals surface area contributed by atoms with E-state index in [1.165, 1.54) is 16.7 Å². The molecule has 0 heterocycles. The molecule has 1 heteroatoms. The van der Waals surface area contributed by atoms with E-state index in [0.29, 0.717) is 0 Å². The van der Waals surface area contributed by atoms with E-state index in [2.05, 4.69) is 44.5 Å². The van der Waals surface area contributed by atoms with E-state index >= 15 is 0 Å². The Morgan fingerprint density at radius 1 is 1.23 bits per heavy atom. The molecule has 0 N–H and O–H groups in total. The van der Waals surface area contributed by atoms with Gasteiger partial charge in [0.25, 0.3) is 0 Å². The van der Waals surface area contributed by atoms with Gasteiger partial charge < -0.3 is 0 Å². The Balaban J connectivity index is 3.19. The highest BCUT2D eigenvalue weighted by Gasteiger charge is 1.99. The molecule has 0 radical (unpaired) electrons. The van der Waals surface area contributed by atoms with Crippen LogP contribution in [0.25, 0.3) is 0 Å². The average Bonchev–Trinajstić information content (AvgIpc) is 2.09. The van der Waals surface area contributed by atoms with E-state index in [4.69, 9.17) is 0 Å². The Morgan fingerprint density at radius 2 is 1.92 bits per heavy atom. The number of benzene rings is 1. The highest BCUT2D eigenvalue weighted by molar-refractivity contribution is 5.74. The fraction of sp³-hybridized carbons (Fsp3) is 0.250. The minimum Gasteiger partial charge on any atom is -0.257 e. The topological polar surface area (TPSA) is 12.4 Å². The third-order valence-electron chi connectivity index (χ3n) is 2.10. The first-order valence-electron chi connectivity index (χ1n) is 4.38. The molecule has 0 aliphatic heterocycles. The second-order valence-corrected chi connectivity index (χ2v) is 3.24. The summed E-state index contributed by atoms with van der Waals surface area (Å²) in [5, 5.41) is 0. The van der Waals surface area contributed by atoms with Crippen LogP contribution in [-0.4, -0.2) is 6.21 Å². The Hall–Kier alpha value is -1.37. The van der Waals surface area contributed by atoms with Crippen molar-refractivity contribution in [2.45, 2.75) is 20.8 Å². The molecular weight excluding hydrogens is 158 g/mol. The van der Waals surface area contributed by atoms with Gasteiger partial charge in [0, 0.05) is 6.21 Å². The zero-order valence-electron chi connectivity index (χ0n) is 8.46. The molecule has 0 amide bonds. The summed E-state index contributed by atoms with van der Waals surface area (Å²) in [5.41, 5.74) is 4.82. The first-order valence-corrected chi connectivity index (χ1v) is 4.38. The third-order valence-corrected chi connectivity index (χ3v) is 2.10. The number of hydrogen-bond donors (Lipinski definition) is 0. The molecule has 0 atom stereocenters. The Morgan fingerprint density at radius 3 is 2.54 bits per heavy atom. The fourth-order valence-corrected chi connectivity index (χ4v) is 1.28. The fourth-order valence-electron chi connectivity index (χ4n) is 1.28. The van der Waals surface area contributed by atoms with Crippen molar-refractivity contribution in [3.63, 3.8) is 0 Å². The van der Waals surface area contributed by atoms with Gasteiger partial charge in [-0.15, -0.1) is 0 Å². The molecular formula is C12H15N. The molecule has 0 fully saturated rings. The number of aryl methyl sites for hydroxylation is 2. The Kier molecular flexibility index (Phi) is 3.02. The predicted octanol–water partition coefficient (Wildman–Crippen LogP) is 3.50. The molecule has 0 aliphatic rings. The van der Waals surface area contributed by atoms with Crippen LogP contribution in [0.2, 0.25) is 0 Å². The first-order chi connectivity index (χ1) is 6.15.